The normalized spacial score (nSPS) is 20.7. The number of halogens is 1. The Hall–Kier alpha value is -1.72. The summed E-state index contributed by atoms with van der Waals surface area (Å²) in [6.45, 7) is 3.35. The van der Waals surface area contributed by atoms with Crippen molar-refractivity contribution in [1.29, 1.82) is 0 Å². The van der Waals surface area contributed by atoms with Crippen molar-refractivity contribution >= 4 is 10.0 Å². The molecule has 1 fully saturated rings. The first-order valence-electron chi connectivity index (χ1n) is 7.74. The van der Waals surface area contributed by atoms with Gasteiger partial charge in [-0.3, -0.25) is 0 Å². The zero-order valence-electron chi connectivity index (χ0n) is 13.2. The van der Waals surface area contributed by atoms with Gasteiger partial charge in [0.2, 0.25) is 10.0 Å². The average molecular weight is 333 g/mol. The topological polar surface area (TPSA) is 46.2 Å². The highest BCUT2D eigenvalue weighted by Gasteiger charge is 2.41. The highest BCUT2D eigenvalue weighted by molar-refractivity contribution is 7.90. The molecular formula is C18H20FNO2S. The SMILES string of the molecule is CC(C)S(=O)(=O)NC1CC1c1ccc(-c2cccc(F)c2)cc1. The third-order valence-electron chi connectivity index (χ3n) is 4.22. The van der Waals surface area contributed by atoms with Crippen LogP contribution in [-0.2, 0) is 10.0 Å². The fourth-order valence-corrected chi connectivity index (χ4v) is 3.59. The van der Waals surface area contributed by atoms with Gasteiger partial charge in [0, 0.05) is 12.0 Å². The van der Waals surface area contributed by atoms with Crippen LogP contribution in [0.3, 0.4) is 0 Å². The van der Waals surface area contributed by atoms with Gasteiger partial charge in [0.1, 0.15) is 5.82 Å². The van der Waals surface area contributed by atoms with E-state index in [2.05, 4.69) is 4.72 Å². The van der Waals surface area contributed by atoms with E-state index in [9.17, 15) is 12.8 Å². The van der Waals surface area contributed by atoms with Crippen LogP contribution in [0.15, 0.2) is 48.5 Å². The summed E-state index contributed by atoms with van der Waals surface area (Å²) in [5.41, 5.74) is 2.90. The molecule has 3 rings (SSSR count). The minimum atomic E-state index is -3.22. The second-order valence-electron chi connectivity index (χ2n) is 6.29. The number of rotatable bonds is 5. The van der Waals surface area contributed by atoms with E-state index in [4.69, 9.17) is 0 Å². The van der Waals surface area contributed by atoms with E-state index in [0.717, 1.165) is 23.1 Å². The molecule has 0 spiro atoms. The Balaban J connectivity index is 1.70. The number of hydrogen-bond acceptors (Lipinski definition) is 2. The van der Waals surface area contributed by atoms with Gasteiger partial charge in [-0.1, -0.05) is 36.4 Å². The lowest BCUT2D eigenvalue weighted by Gasteiger charge is -2.09. The highest BCUT2D eigenvalue weighted by Crippen LogP contribution is 2.41. The summed E-state index contributed by atoms with van der Waals surface area (Å²) < 4.78 is 39.8. The van der Waals surface area contributed by atoms with E-state index in [1.54, 1.807) is 19.9 Å². The molecule has 1 aliphatic carbocycles. The molecule has 0 saturated heterocycles. The lowest BCUT2D eigenvalue weighted by molar-refractivity contribution is 0.571. The molecule has 2 aromatic rings. The average Bonchev–Trinajstić information content (AvgIpc) is 3.25. The Bertz CT molecular complexity index is 800. The second kappa shape index (κ2) is 6.06. The van der Waals surface area contributed by atoms with Crippen molar-refractivity contribution in [2.24, 2.45) is 0 Å². The van der Waals surface area contributed by atoms with Crippen LogP contribution in [0.2, 0.25) is 0 Å². The number of hydrogen-bond donors (Lipinski definition) is 1. The maximum atomic E-state index is 13.3. The Morgan fingerprint density at radius 1 is 1.09 bits per heavy atom. The molecule has 5 heteroatoms. The molecule has 2 atom stereocenters. The molecule has 1 saturated carbocycles. The van der Waals surface area contributed by atoms with Gasteiger partial charge >= 0.3 is 0 Å². The van der Waals surface area contributed by atoms with E-state index in [1.807, 2.05) is 30.3 Å². The van der Waals surface area contributed by atoms with Crippen LogP contribution in [0.25, 0.3) is 11.1 Å². The van der Waals surface area contributed by atoms with Gasteiger partial charge in [-0.15, -0.1) is 0 Å². The predicted octanol–water partition coefficient (Wildman–Crippen LogP) is 3.68. The Morgan fingerprint density at radius 3 is 2.39 bits per heavy atom. The van der Waals surface area contributed by atoms with Crippen LogP contribution < -0.4 is 4.72 Å². The van der Waals surface area contributed by atoms with Crippen LogP contribution >= 0.6 is 0 Å². The fraction of sp³-hybridized carbons (Fsp3) is 0.333. The Morgan fingerprint density at radius 2 is 1.78 bits per heavy atom. The van der Waals surface area contributed by atoms with Crippen molar-refractivity contribution in [2.45, 2.75) is 37.5 Å². The number of benzene rings is 2. The molecule has 1 N–H and O–H groups in total. The molecule has 2 aromatic carbocycles. The van der Waals surface area contributed by atoms with Crippen LogP contribution in [-0.4, -0.2) is 19.7 Å². The molecule has 0 radical (unpaired) electrons. The Kier molecular flexibility index (Phi) is 4.25. The van der Waals surface area contributed by atoms with Crippen molar-refractivity contribution < 1.29 is 12.8 Å². The lowest BCUT2D eigenvalue weighted by atomic mass is 10.0. The summed E-state index contributed by atoms with van der Waals surface area (Å²) in [5, 5.41) is -0.417. The first-order chi connectivity index (χ1) is 10.9. The van der Waals surface area contributed by atoms with Crippen LogP contribution in [0.1, 0.15) is 31.7 Å². The van der Waals surface area contributed by atoms with Crippen LogP contribution in [0.4, 0.5) is 4.39 Å². The zero-order valence-corrected chi connectivity index (χ0v) is 14.0. The van der Waals surface area contributed by atoms with E-state index in [0.29, 0.717) is 0 Å². The minimum Gasteiger partial charge on any atom is -0.212 e. The summed E-state index contributed by atoms with van der Waals surface area (Å²) in [6.07, 6.45) is 0.825. The van der Waals surface area contributed by atoms with E-state index in [1.165, 1.54) is 12.1 Å². The maximum absolute atomic E-state index is 13.3. The number of sulfonamides is 1. The first kappa shape index (κ1) is 16.1. The van der Waals surface area contributed by atoms with Crippen LogP contribution in [0.5, 0.6) is 0 Å². The molecule has 0 aliphatic heterocycles. The van der Waals surface area contributed by atoms with Gasteiger partial charge in [0.25, 0.3) is 0 Å². The van der Waals surface area contributed by atoms with Gasteiger partial charge in [-0.25, -0.2) is 17.5 Å². The smallest absolute Gasteiger partial charge is 0.212 e. The summed E-state index contributed by atoms with van der Waals surface area (Å²) in [5.74, 6) is -0.0259. The van der Waals surface area contributed by atoms with Gasteiger partial charge < -0.3 is 0 Å². The van der Waals surface area contributed by atoms with Gasteiger partial charge in [0.05, 0.1) is 5.25 Å². The third-order valence-corrected chi connectivity index (χ3v) is 6.10. The van der Waals surface area contributed by atoms with Crippen molar-refractivity contribution in [3.05, 3.63) is 59.9 Å². The van der Waals surface area contributed by atoms with Crippen molar-refractivity contribution in [3.8, 4) is 11.1 Å². The fourth-order valence-electron chi connectivity index (χ4n) is 2.63. The molecular weight excluding hydrogens is 313 g/mol. The molecule has 0 heterocycles. The monoisotopic (exact) mass is 333 g/mol. The quantitative estimate of drug-likeness (QED) is 0.907. The molecule has 0 bridgehead atoms. The second-order valence-corrected chi connectivity index (χ2v) is 8.56. The number of nitrogens with one attached hydrogen (secondary N) is 1. The molecule has 122 valence electrons. The zero-order chi connectivity index (χ0) is 16.6. The van der Waals surface area contributed by atoms with Crippen LogP contribution in [0, 0.1) is 5.82 Å². The standard InChI is InChI=1S/C18H20FNO2S/c1-12(2)23(21,22)20-18-11-17(18)14-8-6-13(7-9-14)15-4-3-5-16(19)10-15/h3-10,12,17-18,20H,11H2,1-2H3. The molecule has 0 aromatic heterocycles. The van der Waals surface area contributed by atoms with Gasteiger partial charge in [0.15, 0.2) is 0 Å². The summed E-state index contributed by atoms with van der Waals surface area (Å²) in [6, 6.07) is 14.4. The van der Waals surface area contributed by atoms with E-state index >= 15 is 0 Å². The molecule has 23 heavy (non-hydrogen) atoms. The highest BCUT2D eigenvalue weighted by atomic mass is 32.2. The summed E-state index contributed by atoms with van der Waals surface area (Å²) >= 11 is 0. The molecule has 0 amide bonds. The van der Waals surface area contributed by atoms with Crippen molar-refractivity contribution in [2.75, 3.05) is 0 Å². The Labute approximate surface area is 136 Å². The van der Waals surface area contributed by atoms with Gasteiger partial charge in [-0.2, -0.15) is 0 Å². The first-order valence-corrected chi connectivity index (χ1v) is 9.28. The summed E-state index contributed by atoms with van der Waals surface area (Å²) in [7, 11) is -3.22. The molecule has 1 aliphatic rings. The van der Waals surface area contributed by atoms with E-state index in [-0.39, 0.29) is 17.8 Å². The van der Waals surface area contributed by atoms with Crippen molar-refractivity contribution in [3.63, 3.8) is 0 Å². The summed E-state index contributed by atoms with van der Waals surface area (Å²) in [4.78, 5) is 0. The van der Waals surface area contributed by atoms with Gasteiger partial charge in [-0.05, 0) is 49.1 Å². The largest absolute Gasteiger partial charge is 0.214 e. The molecule has 3 nitrogen and oxygen atoms in total. The lowest BCUT2D eigenvalue weighted by Crippen LogP contribution is -2.33. The van der Waals surface area contributed by atoms with E-state index < -0.39 is 15.3 Å². The molecule has 2 unspecified atom stereocenters. The predicted molar refractivity (Wildman–Crippen MR) is 90.2 cm³/mol. The minimum absolute atomic E-state index is 0.0116. The maximum Gasteiger partial charge on any atom is 0.214 e. The third kappa shape index (κ3) is 3.62. The van der Waals surface area contributed by atoms with Crippen molar-refractivity contribution in [1.82, 2.24) is 4.72 Å².